The molecule has 5 nitrogen and oxygen atoms in total. The normalized spacial score (nSPS) is 23.9. The summed E-state index contributed by atoms with van der Waals surface area (Å²) in [6.45, 7) is 17.5. The lowest BCUT2D eigenvalue weighted by Crippen LogP contribution is -2.50. The first-order valence-electron chi connectivity index (χ1n) is 21.8. The van der Waals surface area contributed by atoms with Crippen molar-refractivity contribution in [3.63, 3.8) is 0 Å². The molecule has 4 unspecified atom stereocenters. The van der Waals surface area contributed by atoms with Crippen molar-refractivity contribution in [1.29, 1.82) is 0 Å². The van der Waals surface area contributed by atoms with Crippen LogP contribution in [0, 0.1) is 29.1 Å². The van der Waals surface area contributed by atoms with Crippen molar-refractivity contribution >= 4 is 5.97 Å². The minimum atomic E-state index is -0.129. The van der Waals surface area contributed by atoms with Crippen molar-refractivity contribution in [1.82, 2.24) is 0 Å². The molecule has 0 aliphatic heterocycles. The molecule has 5 heteroatoms. The molecule has 3 aromatic carbocycles. The topological polar surface area (TPSA) is 87.0 Å². The number of hydrogen-bond donors (Lipinski definition) is 3. The molecule has 4 bridgehead atoms. The summed E-state index contributed by atoms with van der Waals surface area (Å²) in [5.41, 5.74) is 5.18. The molecule has 4 saturated carbocycles. The Hall–Kier alpha value is -3.99. The highest BCUT2D eigenvalue weighted by molar-refractivity contribution is 5.78. The van der Waals surface area contributed by atoms with Crippen molar-refractivity contribution in [2.45, 2.75) is 150 Å². The maximum atomic E-state index is 13.0. The minimum Gasteiger partial charge on any atom is -0.508 e. The fraction of sp³-hybridized carbons (Fsp3) is 0.549. The fourth-order valence-corrected chi connectivity index (χ4v) is 9.12. The Morgan fingerprint density at radius 1 is 0.589 bits per heavy atom. The monoisotopic (exact) mass is 765 g/mol. The number of allylic oxidation sites excluding steroid dienone is 4. The molecule has 8 rings (SSSR count). The summed E-state index contributed by atoms with van der Waals surface area (Å²) >= 11 is 0. The fourth-order valence-electron chi connectivity index (χ4n) is 9.12. The summed E-state index contributed by atoms with van der Waals surface area (Å²) in [7, 11) is 0. The van der Waals surface area contributed by atoms with Crippen molar-refractivity contribution in [3.05, 3.63) is 113 Å². The molecule has 0 aromatic heterocycles. The standard InChI is InChI=1S/C21H30O2.3C10H14O/c1-3-14(2)18-4-6-19(7-5-18)23-20(22)21-11-15-8-16(12-21)10-17(9-15)13-21;2*1-3-8(2)9-4-6-10(11)7-5-9;1-3-8(2)9-5-4-6-10(11)7-9/h4,6,14-17H,3,5,7-13H2,1-2H3;3*4-8,11H,3H2,1-2H3. The van der Waals surface area contributed by atoms with Crippen LogP contribution in [0.4, 0.5) is 0 Å². The van der Waals surface area contributed by atoms with E-state index in [2.05, 4.69) is 67.5 Å². The van der Waals surface area contributed by atoms with Gasteiger partial charge in [0.1, 0.15) is 23.0 Å². The molecule has 0 saturated heterocycles. The van der Waals surface area contributed by atoms with Gasteiger partial charge in [0, 0.05) is 6.42 Å². The Morgan fingerprint density at radius 2 is 1.04 bits per heavy atom. The smallest absolute Gasteiger partial charge is 0.317 e. The lowest BCUT2D eigenvalue weighted by atomic mass is 9.49. The van der Waals surface area contributed by atoms with Crippen LogP contribution < -0.4 is 0 Å². The van der Waals surface area contributed by atoms with Crippen molar-refractivity contribution in [3.8, 4) is 17.2 Å². The zero-order valence-corrected chi connectivity index (χ0v) is 35.8. The van der Waals surface area contributed by atoms with Crippen molar-refractivity contribution in [2.75, 3.05) is 0 Å². The first kappa shape index (κ1) is 44.7. The highest BCUT2D eigenvalue weighted by atomic mass is 16.5. The third kappa shape index (κ3) is 12.8. The van der Waals surface area contributed by atoms with Gasteiger partial charge in [-0.1, -0.05) is 103 Å². The molecule has 0 spiro atoms. The Balaban J connectivity index is 0.000000180. The number of rotatable bonds is 10. The van der Waals surface area contributed by atoms with Gasteiger partial charge in [-0.3, -0.25) is 4.79 Å². The van der Waals surface area contributed by atoms with Crippen LogP contribution in [-0.2, 0) is 9.53 Å². The van der Waals surface area contributed by atoms with Crippen molar-refractivity contribution in [2.24, 2.45) is 29.1 Å². The molecule has 306 valence electrons. The maximum Gasteiger partial charge on any atom is 0.317 e. The molecular formula is C51H72O5. The summed E-state index contributed by atoms with van der Waals surface area (Å²) in [6, 6.07) is 22.3. The van der Waals surface area contributed by atoms with Crippen molar-refractivity contribution < 1.29 is 24.9 Å². The average molecular weight is 765 g/mol. The van der Waals surface area contributed by atoms with E-state index in [0.717, 1.165) is 74.9 Å². The number of phenols is 3. The van der Waals surface area contributed by atoms with Crippen LogP contribution >= 0.6 is 0 Å². The Morgan fingerprint density at radius 3 is 1.43 bits per heavy atom. The predicted octanol–water partition coefficient (Wildman–Crippen LogP) is 14.1. The van der Waals surface area contributed by atoms with Gasteiger partial charge in [-0.05, 0) is 171 Å². The average Bonchev–Trinajstić information content (AvgIpc) is 3.20. The van der Waals surface area contributed by atoms with Crippen LogP contribution in [0.5, 0.6) is 17.2 Å². The van der Waals surface area contributed by atoms with Gasteiger partial charge in [0.25, 0.3) is 0 Å². The molecule has 3 aromatic rings. The molecule has 3 N–H and O–H groups in total. The Labute approximate surface area is 339 Å². The molecular weight excluding hydrogens is 693 g/mol. The lowest BCUT2D eigenvalue weighted by molar-refractivity contribution is -0.167. The maximum absolute atomic E-state index is 13.0. The number of aromatic hydroxyl groups is 3. The third-order valence-electron chi connectivity index (χ3n) is 13.3. The van der Waals surface area contributed by atoms with Gasteiger partial charge < -0.3 is 20.1 Å². The number of carbonyl (C=O) groups excluding carboxylic acids is 1. The van der Waals surface area contributed by atoms with E-state index in [1.807, 2.05) is 42.5 Å². The summed E-state index contributed by atoms with van der Waals surface area (Å²) in [6.07, 6.45) is 18.2. The first-order valence-corrected chi connectivity index (χ1v) is 21.8. The second-order valence-corrected chi connectivity index (χ2v) is 17.5. The minimum absolute atomic E-state index is 0.100. The third-order valence-corrected chi connectivity index (χ3v) is 13.3. The molecule has 0 heterocycles. The van der Waals surface area contributed by atoms with Crippen LogP contribution in [0.15, 0.2) is 96.3 Å². The number of phenolic OH excluding ortho intramolecular Hbond substituents is 3. The molecule has 5 aliphatic rings. The van der Waals surface area contributed by atoms with Crippen LogP contribution in [0.2, 0.25) is 0 Å². The van der Waals surface area contributed by atoms with E-state index in [4.69, 9.17) is 20.1 Å². The highest BCUT2D eigenvalue weighted by Gasteiger charge is 2.55. The molecule has 56 heavy (non-hydrogen) atoms. The molecule has 5 aliphatic carbocycles. The second kappa shape index (κ2) is 21.5. The summed E-state index contributed by atoms with van der Waals surface area (Å²) in [5, 5.41) is 27.2. The molecule has 0 radical (unpaired) electrons. The number of carbonyl (C=O) groups is 1. The van der Waals surface area contributed by atoms with E-state index in [-0.39, 0.29) is 11.4 Å². The van der Waals surface area contributed by atoms with Gasteiger partial charge in [0.2, 0.25) is 0 Å². The SMILES string of the molecule is CCC(C)C1=CC=C(OC(=O)C23CC4CC(CC(C4)C2)C3)CC1.CCC(C)c1ccc(O)cc1.CCC(C)c1ccc(O)cc1.CCC(C)c1cccc(O)c1. The highest BCUT2D eigenvalue weighted by Crippen LogP contribution is 2.60. The van der Waals surface area contributed by atoms with E-state index < -0.39 is 0 Å². The summed E-state index contributed by atoms with van der Waals surface area (Å²) < 4.78 is 5.92. The van der Waals surface area contributed by atoms with E-state index in [9.17, 15) is 4.79 Å². The summed E-state index contributed by atoms with van der Waals surface area (Å²) in [5.74, 6) is 6.82. The predicted molar refractivity (Wildman–Crippen MR) is 232 cm³/mol. The van der Waals surface area contributed by atoms with Gasteiger partial charge in [-0.15, -0.1) is 0 Å². The number of hydrogen-bond acceptors (Lipinski definition) is 5. The zero-order chi connectivity index (χ0) is 40.8. The van der Waals surface area contributed by atoms with Gasteiger partial charge in [0.05, 0.1) is 5.41 Å². The van der Waals surface area contributed by atoms with Crippen LogP contribution in [0.25, 0.3) is 0 Å². The number of ether oxygens (including phenoxy) is 1. The van der Waals surface area contributed by atoms with Gasteiger partial charge in [0.15, 0.2) is 0 Å². The second-order valence-electron chi connectivity index (χ2n) is 17.5. The number of esters is 1. The quantitative estimate of drug-likeness (QED) is 0.179. The Kier molecular flexibility index (Phi) is 17.2. The van der Waals surface area contributed by atoms with Crippen LogP contribution in [0.3, 0.4) is 0 Å². The molecule has 4 atom stereocenters. The van der Waals surface area contributed by atoms with Crippen LogP contribution in [0.1, 0.15) is 167 Å². The van der Waals surface area contributed by atoms with Crippen LogP contribution in [-0.4, -0.2) is 21.3 Å². The summed E-state index contributed by atoms with van der Waals surface area (Å²) in [4.78, 5) is 13.0. The van der Waals surface area contributed by atoms with E-state index in [0.29, 0.717) is 40.9 Å². The van der Waals surface area contributed by atoms with Gasteiger partial charge in [-0.2, -0.15) is 0 Å². The van der Waals surface area contributed by atoms with E-state index in [1.54, 1.807) is 30.3 Å². The first-order chi connectivity index (χ1) is 26.8. The van der Waals surface area contributed by atoms with Gasteiger partial charge in [-0.25, -0.2) is 0 Å². The largest absolute Gasteiger partial charge is 0.508 e. The van der Waals surface area contributed by atoms with E-state index >= 15 is 0 Å². The molecule has 0 amide bonds. The lowest BCUT2D eigenvalue weighted by Gasteiger charge is -2.55. The van der Waals surface area contributed by atoms with Gasteiger partial charge >= 0.3 is 5.97 Å². The Bertz CT molecular complexity index is 1610. The molecule has 4 fully saturated rings. The zero-order valence-electron chi connectivity index (χ0n) is 35.8. The van der Waals surface area contributed by atoms with E-state index in [1.165, 1.54) is 47.9 Å². The number of benzene rings is 3.